The second-order valence-corrected chi connectivity index (χ2v) is 7.32. The summed E-state index contributed by atoms with van der Waals surface area (Å²) in [6.07, 6.45) is 0. The van der Waals surface area contributed by atoms with E-state index in [2.05, 4.69) is 20.6 Å². The van der Waals surface area contributed by atoms with Crippen LogP contribution in [-0.4, -0.2) is 41.8 Å². The van der Waals surface area contributed by atoms with Crippen LogP contribution < -0.4 is 31.4 Å². The number of nitrogens with zero attached hydrogens (tertiary/aromatic N) is 1. The molecule has 0 spiro atoms. The molecule has 3 rings (SSSR count). The van der Waals surface area contributed by atoms with Crippen LogP contribution in [0.2, 0.25) is 0 Å². The van der Waals surface area contributed by atoms with Gasteiger partial charge in [0.25, 0.3) is 11.5 Å². The number of nitrogen functional groups attached to an aromatic ring is 1. The summed E-state index contributed by atoms with van der Waals surface area (Å²) in [6, 6.07) is 13.5. The van der Waals surface area contributed by atoms with Crippen molar-refractivity contribution in [2.24, 2.45) is 0 Å². The van der Waals surface area contributed by atoms with E-state index in [0.29, 0.717) is 17.2 Å². The van der Waals surface area contributed by atoms with E-state index in [-0.39, 0.29) is 33.9 Å². The van der Waals surface area contributed by atoms with Gasteiger partial charge >= 0.3 is 0 Å². The predicted octanol–water partition coefficient (Wildman–Crippen LogP) is 2.35. The normalized spacial score (nSPS) is 10.3. The lowest BCUT2D eigenvalue weighted by Gasteiger charge is -2.11. The predicted molar refractivity (Wildman–Crippen MR) is 123 cm³/mol. The van der Waals surface area contributed by atoms with Gasteiger partial charge in [-0.1, -0.05) is 30.0 Å². The Balaban J connectivity index is 1.67. The largest absolute Gasteiger partial charge is 0.493 e. The standard InChI is InChI=1S/C21H21N5O5S/c1-30-14-9-8-12(10-15(14)31-2)19(28)24-17-18(22)25-21(26-20(17)29)32-11-16(27)23-13-6-4-3-5-7-13/h3-10H,11H2,1-2H3,(H,23,27)(H,24,28)(H3,22,25,26,29). The summed E-state index contributed by atoms with van der Waals surface area (Å²) in [7, 11) is 2.93. The minimum Gasteiger partial charge on any atom is -0.493 e. The molecule has 11 heteroatoms. The number of para-hydroxylation sites is 1. The molecule has 1 aromatic heterocycles. The van der Waals surface area contributed by atoms with Crippen molar-refractivity contribution in [2.75, 3.05) is 36.3 Å². The van der Waals surface area contributed by atoms with E-state index in [9.17, 15) is 14.4 Å². The van der Waals surface area contributed by atoms with Crippen LogP contribution in [-0.2, 0) is 4.79 Å². The number of ether oxygens (including phenoxy) is 2. The number of nitrogens with two attached hydrogens (primary N) is 1. The van der Waals surface area contributed by atoms with Crippen molar-refractivity contribution in [3.05, 3.63) is 64.4 Å². The Kier molecular flexibility index (Phi) is 7.34. The zero-order valence-corrected chi connectivity index (χ0v) is 18.1. The monoisotopic (exact) mass is 455 g/mol. The van der Waals surface area contributed by atoms with Crippen LogP contribution >= 0.6 is 11.8 Å². The van der Waals surface area contributed by atoms with Gasteiger partial charge in [0.05, 0.1) is 20.0 Å². The number of nitrogens with one attached hydrogen (secondary N) is 3. The van der Waals surface area contributed by atoms with E-state index in [1.165, 1.54) is 26.4 Å². The van der Waals surface area contributed by atoms with Crippen LogP contribution in [0.15, 0.2) is 58.5 Å². The summed E-state index contributed by atoms with van der Waals surface area (Å²) < 4.78 is 10.3. The van der Waals surface area contributed by atoms with Crippen molar-refractivity contribution < 1.29 is 19.1 Å². The highest BCUT2D eigenvalue weighted by Crippen LogP contribution is 2.28. The van der Waals surface area contributed by atoms with Gasteiger partial charge in [0, 0.05) is 11.3 Å². The van der Waals surface area contributed by atoms with Crippen molar-refractivity contribution in [3.63, 3.8) is 0 Å². The average Bonchev–Trinajstić information content (AvgIpc) is 2.80. The zero-order valence-electron chi connectivity index (χ0n) is 17.3. The van der Waals surface area contributed by atoms with Gasteiger partial charge in [-0.25, -0.2) is 4.98 Å². The van der Waals surface area contributed by atoms with Crippen LogP contribution in [0.5, 0.6) is 11.5 Å². The molecule has 1 heterocycles. The maximum atomic E-state index is 12.6. The van der Waals surface area contributed by atoms with Gasteiger partial charge in [-0.2, -0.15) is 0 Å². The smallest absolute Gasteiger partial charge is 0.277 e. The summed E-state index contributed by atoms with van der Waals surface area (Å²) in [5.41, 5.74) is 5.94. The summed E-state index contributed by atoms with van der Waals surface area (Å²) in [4.78, 5) is 43.6. The maximum Gasteiger partial charge on any atom is 0.277 e. The summed E-state index contributed by atoms with van der Waals surface area (Å²) in [5.74, 6) is -0.190. The molecule has 0 saturated heterocycles. The lowest BCUT2D eigenvalue weighted by Crippen LogP contribution is -2.23. The van der Waals surface area contributed by atoms with Crippen LogP contribution in [0, 0.1) is 0 Å². The number of carbonyl (C=O) groups is 2. The molecule has 5 N–H and O–H groups in total. The molecule has 0 aliphatic heterocycles. The molecule has 0 radical (unpaired) electrons. The van der Waals surface area contributed by atoms with Gasteiger partial charge in [0.2, 0.25) is 5.91 Å². The highest BCUT2D eigenvalue weighted by atomic mass is 32.2. The second kappa shape index (κ2) is 10.4. The molecule has 0 aliphatic carbocycles. The quantitative estimate of drug-likeness (QED) is 0.299. The summed E-state index contributed by atoms with van der Waals surface area (Å²) >= 11 is 1.01. The number of carbonyl (C=O) groups excluding carboxylic acids is 2. The van der Waals surface area contributed by atoms with Crippen molar-refractivity contribution in [1.82, 2.24) is 9.97 Å². The Morgan fingerprint density at radius 1 is 1.06 bits per heavy atom. The minimum atomic E-state index is -0.641. The highest BCUT2D eigenvalue weighted by molar-refractivity contribution is 7.99. The Hall–Kier alpha value is -3.99. The number of aromatic amines is 1. The lowest BCUT2D eigenvalue weighted by atomic mass is 10.2. The first-order valence-electron chi connectivity index (χ1n) is 9.32. The van der Waals surface area contributed by atoms with E-state index >= 15 is 0 Å². The van der Waals surface area contributed by atoms with Gasteiger partial charge in [-0.05, 0) is 30.3 Å². The van der Waals surface area contributed by atoms with E-state index in [1.54, 1.807) is 30.3 Å². The number of hydrogen-bond acceptors (Lipinski definition) is 8. The van der Waals surface area contributed by atoms with Crippen LogP contribution in [0.1, 0.15) is 10.4 Å². The minimum absolute atomic E-state index is 0.00855. The lowest BCUT2D eigenvalue weighted by molar-refractivity contribution is -0.113. The van der Waals surface area contributed by atoms with Crippen molar-refractivity contribution in [1.29, 1.82) is 0 Å². The first-order chi connectivity index (χ1) is 15.4. The van der Waals surface area contributed by atoms with Gasteiger partial charge in [-0.3, -0.25) is 19.4 Å². The van der Waals surface area contributed by atoms with Gasteiger partial charge in [0.15, 0.2) is 22.5 Å². The fourth-order valence-electron chi connectivity index (χ4n) is 2.67. The van der Waals surface area contributed by atoms with E-state index in [0.717, 1.165) is 11.8 Å². The number of hydrogen-bond donors (Lipinski definition) is 4. The number of rotatable bonds is 8. The average molecular weight is 455 g/mol. The van der Waals surface area contributed by atoms with Crippen LogP contribution in [0.4, 0.5) is 17.2 Å². The Morgan fingerprint density at radius 2 is 1.78 bits per heavy atom. The third kappa shape index (κ3) is 5.58. The van der Waals surface area contributed by atoms with Crippen molar-refractivity contribution >= 4 is 40.8 Å². The molecule has 0 aliphatic rings. The first-order valence-corrected chi connectivity index (χ1v) is 10.3. The van der Waals surface area contributed by atoms with E-state index in [4.69, 9.17) is 15.2 Å². The van der Waals surface area contributed by atoms with Gasteiger partial charge in [-0.15, -0.1) is 0 Å². The molecule has 32 heavy (non-hydrogen) atoms. The molecule has 0 saturated carbocycles. The molecule has 10 nitrogen and oxygen atoms in total. The second-order valence-electron chi connectivity index (χ2n) is 6.36. The number of H-pyrrole nitrogens is 1. The summed E-state index contributed by atoms with van der Waals surface area (Å²) in [6.45, 7) is 0. The molecular formula is C21H21N5O5S. The van der Waals surface area contributed by atoms with Gasteiger partial charge in [0.1, 0.15) is 5.69 Å². The fourth-order valence-corrected chi connectivity index (χ4v) is 3.34. The maximum absolute atomic E-state index is 12.6. The highest BCUT2D eigenvalue weighted by Gasteiger charge is 2.16. The van der Waals surface area contributed by atoms with E-state index in [1.807, 2.05) is 6.07 Å². The molecule has 166 valence electrons. The van der Waals surface area contributed by atoms with Crippen LogP contribution in [0.25, 0.3) is 0 Å². The van der Waals surface area contributed by atoms with Gasteiger partial charge < -0.3 is 25.8 Å². The van der Waals surface area contributed by atoms with E-state index < -0.39 is 11.5 Å². The Bertz CT molecular complexity index is 1180. The molecule has 0 bridgehead atoms. The topological polar surface area (TPSA) is 148 Å². The summed E-state index contributed by atoms with van der Waals surface area (Å²) in [5, 5.41) is 5.33. The van der Waals surface area contributed by atoms with Crippen molar-refractivity contribution in [2.45, 2.75) is 5.16 Å². The molecule has 2 amide bonds. The number of thioether (sulfide) groups is 1. The zero-order chi connectivity index (χ0) is 23.1. The Morgan fingerprint density at radius 3 is 2.44 bits per heavy atom. The Labute approximate surface area is 187 Å². The molecule has 2 aromatic carbocycles. The number of methoxy groups -OCH3 is 2. The third-order valence-corrected chi connectivity index (χ3v) is 5.08. The molecule has 0 atom stereocenters. The number of aromatic nitrogens is 2. The molecular weight excluding hydrogens is 434 g/mol. The SMILES string of the molecule is COc1ccc(C(=O)Nc2c(N)nc(SCC(=O)Nc3ccccc3)[nH]c2=O)cc1OC. The molecule has 0 fully saturated rings. The molecule has 3 aromatic rings. The number of amides is 2. The number of benzene rings is 2. The number of anilines is 3. The van der Waals surface area contributed by atoms with Crippen LogP contribution in [0.3, 0.4) is 0 Å². The third-order valence-electron chi connectivity index (χ3n) is 4.21. The first kappa shape index (κ1) is 22.7. The molecule has 0 unspecified atom stereocenters. The van der Waals surface area contributed by atoms with Crippen molar-refractivity contribution in [3.8, 4) is 11.5 Å². The fraction of sp³-hybridized carbons (Fsp3) is 0.143.